The van der Waals surface area contributed by atoms with E-state index in [-0.39, 0.29) is 25.6 Å². The van der Waals surface area contributed by atoms with Crippen molar-refractivity contribution >= 4 is 11.9 Å². The summed E-state index contributed by atoms with van der Waals surface area (Å²) in [5.74, 6) is -4.12. The van der Waals surface area contributed by atoms with Crippen molar-refractivity contribution in [2.75, 3.05) is 0 Å². The number of aliphatic carboxylic acids is 2. The zero-order valence-corrected chi connectivity index (χ0v) is 9.36. The molecule has 0 aliphatic rings. The molecule has 7 nitrogen and oxygen atoms in total. The van der Waals surface area contributed by atoms with Gasteiger partial charge in [0.1, 0.15) is 12.2 Å². The number of quaternary nitrogens is 1. The Labute approximate surface area is 80.4 Å². The number of carbonyl (C=O) groups is 2. The second-order valence-corrected chi connectivity index (χ2v) is 1.53. The summed E-state index contributed by atoms with van der Waals surface area (Å²) in [5, 5.41) is 35.7. The van der Waals surface area contributed by atoms with Crippen LogP contribution >= 0.6 is 0 Å². The molecule has 0 radical (unpaired) electrons. The summed E-state index contributed by atoms with van der Waals surface area (Å²) in [5.41, 5.74) is 0. The molecule has 8 heteroatoms. The number of carboxylic acids is 2. The fourth-order valence-electron chi connectivity index (χ4n) is 0.258. The zero-order valence-electron chi connectivity index (χ0n) is 6.39. The Balaban J connectivity index is -0.000000405. The minimum atomic E-state index is -2.44. The van der Waals surface area contributed by atoms with E-state index < -0.39 is 24.1 Å². The predicted molar refractivity (Wildman–Crippen MR) is 28.0 cm³/mol. The van der Waals surface area contributed by atoms with E-state index in [0.717, 1.165) is 0 Å². The van der Waals surface area contributed by atoms with Crippen LogP contribution in [-0.2, 0) is 29.1 Å². The number of aliphatic hydroxyl groups excluding tert-OH is 2. The smallest absolute Gasteiger partial charge is 0.124 e. The fraction of sp³-hybridized carbons (Fsp3) is 0.500. The number of carbonyl (C=O) groups excluding carboxylic acids is 2. The van der Waals surface area contributed by atoms with Crippen LogP contribution in [-0.4, -0.2) is 34.4 Å². The molecule has 0 heterocycles. The molecule has 68 valence electrons. The molecule has 0 aliphatic heterocycles. The SMILES string of the molecule is O=C([O-])C(O)C(O)C(=O)[O-].[NH4+].[Zn]. The van der Waals surface area contributed by atoms with Crippen LogP contribution < -0.4 is 16.4 Å². The van der Waals surface area contributed by atoms with Gasteiger partial charge in [-0.2, -0.15) is 0 Å². The second kappa shape index (κ2) is 7.11. The van der Waals surface area contributed by atoms with Gasteiger partial charge in [0, 0.05) is 19.5 Å². The standard InChI is InChI=1S/C4H6O6.H3N.Zn/c5-1(3(7)8)2(6)4(9)10;;/h1-2,5-6H,(H,7,8)(H,9,10);1H3;/p-1. The molecule has 0 amide bonds. The number of hydrogen-bond acceptors (Lipinski definition) is 6. The molecule has 0 aromatic heterocycles. The summed E-state index contributed by atoms with van der Waals surface area (Å²) in [6, 6.07) is 0. The average molecular weight is 231 g/mol. The molecule has 0 aliphatic carbocycles. The van der Waals surface area contributed by atoms with Crippen LogP contribution in [0.2, 0.25) is 0 Å². The summed E-state index contributed by atoms with van der Waals surface area (Å²) < 4.78 is 0. The molecule has 0 aromatic carbocycles. The Bertz CT molecular complexity index is 144. The predicted octanol–water partition coefficient (Wildman–Crippen LogP) is -4.42. The first-order chi connectivity index (χ1) is 4.46. The van der Waals surface area contributed by atoms with Crippen molar-refractivity contribution < 1.29 is 49.5 Å². The fourth-order valence-corrected chi connectivity index (χ4v) is 0.258. The van der Waals surface area contributed by atoms with Gasteiger partial charge in [-0.15, -0.1) is 0 Å². The summed E-state index contributed by atoms with van der Waals surface area (Å²) in [6.07, 6.45) is -4.88. The number of carboxylic acid groups (broad SMARTS) is 2. The van der Waals surface area contributed by atoms with E-state index in [1.165, 1.54) is 0 Å². The Morgan fingerprint density at radius 2 is 1.17 bits per heavy atom. The van der Waals surface area contributed by atoms with Crippen molar-refractivity contribution in [2.45, 2.75) is 12.2 Å². The van der Waals surface area contributed by atoms with E-state index in [1.807, 2.05) is 0 Å². The van der Waals surface area contributed by atoms with Crippen LogP contribution in [0.4, 0.5) is 0 Å². The van der Waals surface area contributed by atoms with Crippen molar-refractivity contribution in [1.82, 2.24) is 6.15 Å². The van der Waals surface area contributed by atoms with Crippen LogP contribution in [0.25, 0.3) is 0 Å². The molecule has 0 fully saturated rings. The maximum Gasteiger partial charge on any atom is 0.124 e. The molecule has 12 heavy (non-hydrogen) atoms. The molecular formula is C4H8NO6Zn-. The van der Waals surface area contributed by atoms with Crippen LogP contribution in [0.5, 0.6) is 0 Å². The van der Waals surface area contributed by atoms with E-state index in [1.54, 1.807) is 0 Å². The summed E-state index contributed by atoms with van der Waals surface area (Å²) in [6.45, 7) is 0. The molecule has 0 bridgehead atoms. The van der Waals surface area contributed by atoms with Crippen molar-refractivity contribution in [2.24, 2.45) is 0 Å². The van der Waals surface area contributed by atoms with Crippen LogP contribution in [0.3, 0.4) is 0 Å². The maximum absolute atomic E-state index is 9.63. The Hall–Kier alpha value is -0.557. The first-order valence-electron chi connectivity index (χ1n) is 2.24. The zero-order chi connectivity index (χ0) is 8.31. The minimum Gasteiger partial charge on any atom is -0.547 e. The molecule has 0 rings (SSSR count). The Morgan fingerprint density at radius 3 is 1.25 bits per heavy atom. The Kier molecular flexibility index (Phi) is 10.4. The van der Waals surface area contributed by atoms with Crippen molar-refractivity contribution in [3.63, 3.8) is 0 Å². The number of rotatable bonds is 3. The topological polar surface area (TPSA) is 157 Å². The molecule has 0 saturated heterocycles. The number of hydrogen-bond donors (Lipinski definition) is 3. The van der Waals surface area contributed by atoms with Gasteiger partial charge in [0.15, 0.2) is 0 Å². The van der Waals surface area contributed by atoms with E-state index in [4.69, 9.17) is 10.2 Å². The van der Waals surface area contributed by atoms with Gasteiger partial charge in [0.25, 0.3) is 0 Å². The average Bonchev–Trinajstić information content (AvgIpc) is 1.84. The first kappa shape index (κ1) is 17.5. The quantitative estimate of drug-likeness (QED) is 0.416. The molecule has 2 atom stereocenters. The summed E-state index contributed by atoms with van der Waals surface area (Å²) in [7, 11) is 0. The van der Waals surface area contributed by atoms with Crippen LogP contribution in [0.1, 0.15) is 0 Å². The van der Waals surface area contributed by atoms with E-state index in [0.29, 0.717) is 0 Å². The van der Waals surface area contributed by atoms with Crippen LogP contribution in [0.15, 0.2) is 0 Å². The van der Waals surface area contributed by atoms with Gasteiger partial charge >= 0.3 is 0 Å². The van der Waals surface area contributed by atoms with Crippen molar-refractivity contribution in [3.8, 4) is 0 Å². The summed E-state index contributed by atoms with van der Waals surface area (Å²) in [4.78, 5) is 19.3. The molecule has 2 unspecified atom stereocenters. The summed E-state index contributed by atoms with van der Waals surface area (Å²) >= 11 is 0. The van der Waals surface area contributed by atoms with Gasteiger partial charge < -0.3 is 36.2 Å². The van der Waals surface area contributed by atoms with Crippen molar-refractivity contribution in [1.29, 1.82) is 0 Å². The molecule has 0 aromatic rings. The Morgan fingerprint density at radius 1 is 1.00 bits per heavy atom. The minimum absolute atomic E-state index is 0. The van der Waals surface area contributed by atoms with E-state index in [9.17, 15) is 19.8 Å². The van der Waals surface area contributed by atoms with Gasteiger partial charge in [-0.05, 0) is 0 Å². The van der Waals surface area contributed by atoms with E-state index >= 15 is 0 Å². The third-order valence-corrected chi connectivity index (χ3v) is 0.782. The largest absolute Gasteiger partial charge is 0.547 e. The second-order valence-electron chi connectivity index (χ2n) is 1.53. The first-order valence-corrected chi connectivity index (χ1v) is 2.24. The van der Waals surface area contributed by atoms with Crippen molar-refractivity contribution in [3.05, 3.63) is 0 Å². The monoisotopic (exact) mass is 230 g/mol. The van der Waals surface area contributed by atoms with Crippen LogP contribution in [0, 0.1) is 0 Å². The van der Waals surface area contributed by atoms with E-state index in [2.05, 4.69) is 0 Å². The third kappa shape index (κ3) is 5.14. The molecule has 0 saturated carbocycles. The van der Waals surface area contributed by atoms with Gasteiger partial charge in [-0.3, -0.25) is 0 Å². The van der Waals surface area contributed by atoms with Gasteiger partial charge in [0.2, 0.25) is 0 Å². The molecular weight excluding hydrogens is 223 g/mol. The molecule has 0 spiro atoms. The third-order valence-electron chi connectivity index (χ3n) is 0.782. The van der Waals surface area contributed by atoms with Gasteiger partial charge in [0.05, 0.1) is 11.9 Å². The maximum atomic E-state index is 9.63. The number of aliphatic hydroxyl groups is 2. The van der Waals surface area contributed by atoms with Gasteiger partial charge in [-0.25, -0.2) is 0 Å². The molecule has 6 N–H and O–H groups in total. The van der Waals surface area contributed by atoms with Gasteiger partial charge in [-0.1, -0.05) is 0 Å². The normalized spacial score (nSPS) is 13.2.